The summed E-state index contributed by atoms with van der Waals surface area (Å²) in [5, 5.41) is 2.64. The molecule has 1 atom stereocenters. The number of hydrogen-bond acceptors (Lipinski definition) is 5. The summed E-state index contributed by atoms with van der Waals surface area (Å²) in [6.45, 7) is 0.989. The first-order valence-electron chi connectivity index (χ1n) is 10.4. The second kappa shape index (κ2) is 8.56. The van der Waals surface area contributed by atoms with Crippen molar-refractivity contribution in [3.63, 3.8) is 0 Å². The quantitative estimate of drug-likeness (QED) is 0.763. The van der Waals surface area contributed by atoms with Crippen LogP contribution in [0.3, 0.4) is 0 Å². The monoisotopic (exact) mass is 429 g/mol. The van der Waals surface area contributed by atoms with Gasteiger partial charge in [0.25, 0.3) is 5.91 Å². The maximum atomic E-state index is 13.9. The van der Waals surface area contributed by atoms with Crippen molar-refractivity contribution in [2.75, 3.05) is 32.1 Å². The van der Waals surface area contributed by atoms with Gasteiger partial charge in [0.15, 0.2) is 0 Å². The molecule has 0 radical (unpaired) electrons. The molecular formula is C22H25F2N5O2. The summed E-state index contributed by atoms with van der Waals surface area (Å²) < 4.78 is 27.3. The number of anilines is 1. The zero-order chi connectivity index (χ0) is 22.1. The van der Waals surface area contributed by atoms with Gasteiger partial charge in [0.1, 0.15) is 11.6 Å². The number of benzene rings is 1. The lowest BCUT2D eigenvalue weighted by molar-refractivity contribution is -0.131. The highest BCUT2D eigenvalue weighted by molar-refractivity contribution is 5.95. The van der Waals surface area contributed by atoms with E-state index in [-0.39, 0.29) is 35.4 Å². The molecule has 1 aliphatic heterocycles. The molecule has 0 bridgehead atoms. The van der Waals surface area contributed by atoms with Crippen molar-refractivity contribution in [1.82, 2.24) is 20.2 Å². The van der Waals surface area contributed by atoms with Gasteiger partial charge in [0, 0.05) is 57.3 Å². The Balaban J connectivity index is 1.54. The minimum absolute atomic E-state index is 0.0581. The number of nitrogens with zero attached hydrogens (tertiary/aromatic N) is 4. The number of nitrogens with one attached hydrogen (secondary N) is 1. The van der Waals surface area contributed by atoms with Crippen LogP contribution in [0.1, 0.15) is 46.8 Å². The third-order valence-corrected chi connectivity index (χ3v) is 5.71. The Morgan fingerprint density at radius 2 is 2.00 bits per heavy atom. The molecule has 1 saturated carbocycles. The van der Waals surface area contributed by atoms with Gasteiger partial charge < -0.3 is 15.1 Å². The average Bonchev–Trinajstić information content (AvgIpc) is 3.49. The molecule has 2 fully saturated rings. The molecule has 164 valence electrons. The van der Waals surface area contributed by atoms with E-state index in [0.717, 1.165) is 31.0 Å². The number of hydrogen-bond donors (Lipinski definition) is 1. The largest absolute Gasteiger partial charge is 0.348 e. The Kier molecular flexibility index (Phi) is 5.84. The molecule has 0 spiro atoms. The Morgan fingerprint density at radius 3 is 2.71 bits per heavy atom. The fourth-order valence-corrected chi connectivity index (χ4v) is 3.81. The molecule has 9 heteroatoms. The van der Waals surface area contributed by atoms with Gasteiger partial charge in [0.05, 0.1) is 11.3 Å². The molecular weight excluding hydrogens is 404 g/mol. The zero-order valence-corrected chi connectivity index (χ0v) is 17.6. The summed E-state index contributed by atoms with van der Waals surface area (Å²) in [6, 6.07) is 3.11. The van der Waals surface area contributed by atoms with Gasteiger partial charge in [0.2, 0.25) is 11.9 Å². The first-order valence-corrected chi connectivity index (χ1v) is 10.4. The molecule has 1 aliphatic carbocycles. The van der Waals surface area contributed by atoms with Crippen molar-refractivity contribution in [2.24, 2.45) is 5.92 Å². The van der Waals surface area contributed by atoms with Crippen LogP contribution in [0, 0.1) is 17.6 Å². The fraction of sp³-hybridized carbons (Fsp3) is 0.455. The summed E-state index contributed by atoms with van der Waals surface area (Å²) in [5.74, 6) is -0.924. The number of likely N-dealkylation sites (tertiary alicyclic amines) is 1. The number of halogens is 2. The summed E-state index contributed by atoms with van der Waals surface area (Å²) in [7, 11) is 3.62. The van der Waals surface area contributed by atoms with E-state index >= 15 is 0 Å². The highest BCUT2D eigenvalue weighted by Crippen LogP contribution is 2.35. The smallest absolute Gasteiger partial charge is 0.254 e. The van der Waals surface area contributed by atoms with Crippen molar-refractivity contribution in [3.8, 4) is 0 Å². The van der Waals surface area contributed by atoms with Crippen molar-refractivity contribution in [3.05, 3.63) is 52.9 Å². The number of carbonyl (C=O) groups excluding carboxylic acids is 2. The molecule has 1 aromatic heterocycles. The number of rotatable bonds is 6. The Morgan fingerprint density at radius 1 is 1.23 bits per heavy atom. The van der Waals surface area contributed by atoms with Crippen LogP contribution in [0.2, 0.25) is 0 Å². The molecule has 2 aromatic rings. The predicted molar refractivity (Wildman–Crippen MR) is 111 cm³/mol. The van der Waals surface area contributed by atoms with Crippen LogP contribution in [-0.2, 0) is 11.3 Å². The van der Waals surface area contributed by atoms with Crippen molar-refractivity contribution >= 4 is 17.8 Å². The maximum absolute atomic E-state index is 13.9. The van der Waals surface area contributed by atoms with E-state index in [1.54, 1.807) is 4.90 Å². The van der Waals surface area contributed by atoms with E-state index < -0.39 is 17.5 Å². The predicted octanol–water partition coefficient (Wildman–Crippen LogP) is 2.48. The highest BCUT2D eigenvalue weighted by atomic mass is 19.1. The van der Waals surface area contributed by atoms with Crippen molar-refractivity contribution in [1.29, 1.82) is 0 Å². The molecule has 7 nitrogen and oxygen atoms in total. The van der Waals surface area contributed by atoms with E-state index in [0.29, 0.717) is 31.2 Å². The van der Waals surface area contributed by atoms with E-state index in [9.17, 15) is 18.4 Å². The van der Waals surface area contributed by atoms with Gasteiger partial charge in [-0.2, -0.15) is 0 Å². The lowest BCUT2D eigenvalue weighted by atomic mass is 9.99. The summed E-state index contributed by atoms with van der Waals surface area (Å²) in [6.07, 6.45) is 4.06. The fourth-order valence-electron chi connectivity index (χ4n) is 3.81. The summed E-state index contributed by atoms with van der Waals surface area (Å²) >= 11 is 0. The lowest BCUT2D eigenvalue weighted by Gasteiger charge is -2.19. The minimum Gasteiger partial charge on any atom is -0.348 e. The molecule has 2 heterocycles. The maximum Gasteiger partial charge on any atom is 0.254 e. The van der Waals surface area contributed by atoms with Crippen LogP contribution >= 0.6 is 0 Å². The van der Waals surface area contributed by atoms with Gasteiger partial charge in [-0.05, 0) is 37.5 Å². The molecule has 2 aliphatic rings. The van der Waals surface area contributed by atoms with Gasteiger partial charge >= 0.3 is 0 Å². The van der Waals surface area contributed by atoms with Gasteiger partial charge in [-0.25, -0.2) is 18.7 Å². The Labute approximate surface area is 179 Å². The number of carbonyl (C=O) groups is 2. The highest BCUT2D eigenvalue weighted by Gasteiger charge is 2.38. The van der Waals surface area contributed by atoms with Crippen LogP contribution in [0.25, 0.3) is 0 Å². The zero-order valence-electron chi connectivity index (χ0n) is 17.6. The van der Waals surface area contributed by atoms with E-state index in [1.807, 2.05) is 19.0 Å². The van der Waals surface area contributed by atoms with E-state index in [2.05, 4.69) is 15.3 Å². The molecule has 31 heavy (non-hydrogen) atoms. The standard InChI is InChI=1S/C22H25F2N5O2/c1-28(2)22-26-11-17(20(30)25-10-15-9-16(23)5-6-18(15)24)19(27-22)14-7-8-29(12-14)21(31)13-3-4-13/h5-6,9,11,13-14H,3-4,7-8,10,12H2,1-2H3,(H,25,30). The molecule has 1 N–H and O–H groups in total. The lowest BCUT2D eigenvalue weighted by Crippen LogP contribution is -2.30. The van der Waals surface area contributed by atoms with Crippen molar-refractivity contribution < 1.29 is 18.4 Å². The van der Waals surface area contributed by atoms with Crippen molar-refractivity contribution in [2.45, 2.75) is 31.7 Å². The van der Waals surface area contributed by atoms with E-state index in [1.165, 1.54) is 6.20 Å². The second-order valence-corrected chi connectivity index (χ2v) is 8.33. The van der Waals surface area contributed by atoms with Crippen LogP contribution < -0.4 is 10.2 Å². The van der Waals surface area contributed by atoms with Crippen LogP contribution in [0.4, 0.5) is 14.7 Å². The number of aromatic nitrogens is 2. The molecule has 1 unspecified atom stereocenters. The number of amides is 2. The Bertz CT molecular complexity index is 1010. The third-order valence-electron chi connectivity index (χ3n) is 5.71. The second-order valence-electron chi connectivity index (χ2n) is 8.33. The third kappa shape index (κ3) is 4.65. The average molecular weight is 429 g/mol. The van der Waals surface area contributed by atoms with Crippen LogP contribution in [0.15, 0.2) is 24.4 Å². The Hall–Kier alpha value is -3.10. The summed E-state index contributed by atoms with van der Waals surface area (Å²) in [4.78, 5) is 37.8. The SMILES string of the molecule is CN(C)c1ncc(C(=O)NCc2cc(F)ccc2F)c(C2CCN(C(=O)C3CC3)C2)n1. The molecule has 2 amide bonds. The molecule has 1 aromatic carbocycles. The van der Waals surface area contributed by atoms with Gasteiger partial charge in [-0.3, -0.25) is 9.59 Å². The first kappa shape index (κ1) is 21.1. The first-order chi connectivity index (χ1) is 14.8. The van der Waals surface area contributed by atoms with E-state index in [4.69, 9.17) is 0 Å². The molecule has 1 saturated heterocycles. The summed E-state index contributed by atoms with van der Waals surface area (Å²) in [5.41, 5.74) is 0.915. The van der Waals surface area contributed by atoms with Crippen LogP contribution in [-0.4, -0.2) is 53.9 Å². The normalized spacial score (nSPS) is 18.2. The van der Waals surface area contributed by atoms with Crippen LogP contribution in [0.5, 0.6) is 0 Å². The van der Waals surface area contributed by atoms with Gasteiger partial charge in [-0.15, -0.1) is 0 Å². The molecule has 4 rings (SSSR count). The van der Waals surface area contributed by atoms with Gasteiger partial charge in [-0.1, -0.05) is 0 Å². The minimum atomic E-state index is -0.592. The topological polar surface area (TPSA) is 78.4 Å².